The summed E-state index contributed by atoms with van der Waals surface area (Å²) >= 11 is 3.43. The Morgan fingerprint density at radius 2 is 2.06 bits per heavy atom. The first-order chi connectivity index (χ1) is 8.66. The molecule has 1 aromatic carbocycles. The molecule has 1 heterocycles. The van der Waals surface area contributed by atoms with Gasteiger partial charge < -0.3 is 11.1 Å². The molecule has 0 fully saturated rings. The summed E-state index contributed by atoms with van der Waals surface area (Å²) in [5.74, 6) is -0.217. The van der Waals surface area contributed by atoms with Crippen molar-refractivity contribution in [1.29, 1.82) is 0 Å². The summed E-state index contributed by atoms with van der Waals surface area (Å²) in [5, 5.41) is 2.80. The molecule has 1 amide bonds. The summed E-state index contributed by atoms with van der Waals surface area (Å²) in [7, 11) is 0. The average molecular weight is 306 g/mol. The van der Waals surface area contributed by atoms with Gasteiger partial charge in [0, 0.05) is 11.0 Å². The van der Waals surface area contributed by atoms with Gasteiger partial charge in [0.05, 0.1) is 11.9 Å². The van der Waals surface area contributed by atoms with E-state index < -0.39 is 0 Å². The van der Waals surface area contributed by atoms with Gasteiger partial charge in [0.25, 0.3) is 5.91 Å². The van der Waals surface area contributed by atoms with Gasteiger partial charge in [0.15, 0.2) is 0 Å². The Morgan fingerprint density at radius 1 is 1.28 bits per heavy atom. The van der Waals surface area contributed by atoms with Crippen LogP contribution < -0.4 is 11.1 Å². The first-order valence-corrected chi connectivity index (χ1v) is 6.19. The average Bonchev–Trinajstić information content (AvgIpc) is 2.38. The summed E-state index contributed by atoms with van der Waals surface area (Å²) in [4.78, 5) is 15.8. The summed E-state index contributed by atoms with van der Waals surface area (Å²) in [6.07, 6.45) is 1.47. The molecule has 0 spiro atoms. The predicted octanol–water partition coefficient (Wildman–Crippen LogP) is 2.36. The number of nitrogens with one attached hydrogen (secondary N) is 1. The fraction of sp³-hybridized carbons (Fsp3) is 0.0769. The zero-order chi connectivity index (χ0) is 13.0. The van der Waals surface area contributed by atoms with E-state index in [0.717, 1.165) is 10.0 Å². The monoisotopic (exact) mass is 305 g/mol. The fourth-order valence-electron chi connectivity index (χ4n) is 1.45. The maximum Gasteiger partial charge on any atom is 0.270 e. The Kier molecular flexibility index (Phi) is 3.94. The van der Waals surface area contributed by atoms with Crippen LogP contribution in [0, 0.1) is 0 Å². The Hall–Kier alpha value is -1.88. The van der Waals surface area contributed by atoms with Crippen LogP contribution >= 0.6 is 15.9 Å². The molecule has 4 nitrogen and oxygen atoms in total. The normalized spacial score (nSPS) is 10.1. The minimum atomic E-state index is -0.217. The molecule has 0 unspecified atom stereocenters. The topological polar surface area (TPSA) is 68.0 Å². The van der Waals surface area contributed by atoms with Crippen molar-refractivity contribution in [3.63, 3.8) is 0 Å². The van der Waals surface area contributed by atoms with Crippen LogP contribution in [-0.4, -0.2) is 10.9 Å². The van der Waals surface area contributed by atoms with Crippen LogP contribution in [0.3, 0.4) is 0 Å². The Labute approximate surface area is 113 Å². The van der Waals surface area contributed by atoms with Crippen LogP contribution in [0.2, 0.25) is 0 Å². The number of anilines is 1. The van der Waals surface area contributed by atoms with Gasteiger partial charge in [-0.25, -0.2) is 4.98 Å². The number of nitrogens with zero attached hydrogens (tertiary/aromatic N) is 1. The lowest BCUT2D eigenvalue weighted by Gasteiger charge is -2.06. The number of pyridine rings is 1. The van der Waals surface area contributed by atoms with Gasteiger partial charge in [-0.2, -0.15) is 0 Å². The lowest BCUT2D eigenvalue weighted by molar-refractivity contribution is 0.0946. The Morgan fingerprint density at radius 3 is 2.72 bits per heavy atom. The van der Waals surface area contributed by atoms with E-state index in [1.807, 2.05) is 24.3 Å². The van der Waals surface area contributed by atoms with Gasteiger partial charge >= 0.3 is 0 Å². The van der Waals surface area contributed by atoms with Crippen LogP contribution in [0.5, 0.6) is 0 Å². The number of amides is 1. The predicted molar refractivity (Wildman–Crippen MR) is 74.0 cm³/mol. The first kappa shape index (κ1) is 12.6. The van der Waals surface area contributed by atoms with Crippen LogP contribution in [0.1, 0.15) is 16.1 Å². The molecule has 2 rings (SSSR count). The summed E-state index contributed by atoms with van der Waals surface area (Å²) < 4.78 is 0.968. The molecule has 18 heavy (non-hydrogen) atoms. The molecule has 2 aromatic rings. The maximum absolute atomic E-state index is 11.8. The van der Waals surface area contributed by atoms with Gasteiger partial charge in [-0.3, -0.25) is 4.79 Å². The number of benzene rings is 1. The van der Waals surface area contributed by atoms with Crippen molar-refractivity contribution in [3.8, 4) is 0 Å². The number of carbonyl (C=O) groups is 1. The second-order valence-corrected chi connectivity index (χ2v) is 4.61. The molecule has 0 saturated carbocycles. The minimum Gasteiger partial charge on any atom is -0.397 e. The van der Waals surface area contributed by atoms with E-state index >= 15 is 0 Å². The van der Waals surface area contributed by atoms with E-state index in [0.29, 0.717) is 17.9 Å². The van der Waals surface area contributed by atoms with Gasteiger partial charge in [0.2, 0.25) is 0 Å². The van der Waals surface area contributed by atoms with Gasteiger partial charge in [-0.15, -0.1) is 0 Å². The van der Waals surface area contributed by atoms with Crippen LogP contribution in [0.25, 0.3) is 0 Å². The van der Waals surface area contributed by atoms with Crippen molar-refractivity contribution < 1.29 is 4.79 Å². The summed E-state index contributed by atoms with van der Waals surface area (Å²) in [6.45, 7) is 0.451. The highest BCUT2D eigenvalue weighted by molar-refractivity contribution is 9.10. The zero-order valence-corrected chi connectivity index (χ0v) is 11.1. The van der Waals surface area contributed by atoms with Gasteiger partial charge in [0.1, 0.15) is 5.69 Å². The summed E-state index contributed by atoms with van der Waals surface area (Å²) in [6, 6.07) is 11.0. The first-order valence-electron chi connectivity index (χ1n) is 5.40. The van der Waals surface area contributed by atoms with E-state index in [4.69, 9.17) is 5.73 Å². The van der Waals surface area contributed by atoms with Gasteiger partial charge in [-0.05, 0) is 23.8 Å². The largest absolute Gasteiger partial charge is 0.397 e. The van der Waals surface area contributed by atoms with E-state index in [1.54, 1.807) is 12.1 Å². The van der Waals surface area contributed by atoms with E-state index in [9.17, 15) is 4.79 Å². The fourth-order valence-corrected chi connectivity index (χ4v) is 1.87. The zero-order valence-electron chi connectivity index (χ0n) is 9.56. The molecule has 0 aliphatic heterocycles. The molecule has 92 valence electrons. The van der Waals surface area contributed by atoms with Crippen molar-refractivity contribution in [3.05, 3.63) is 58.3 Å². The second kappa shape index (κ2) is 5.64. The Balaban J connectivity index is 2.01. The lowest BCUT2D eigenvalue weighted by atomic mass is 10.2. The van der Waals surface area contributed by atoms with Crippen molar-refractivity contribution in [2.24, 2.45) is 0 Å². The molecule has 3 N–H and O–H groups in total. The second-order valence-electron chi connectivity index (χ2n) is 3.75. The third-order valence-electron chi connectivity index (χ3n) is 2.42. The number of nitrogens with two attached hydrogens (primary N) is 1. The SMILES string of the molecule is Nc1ccc(C(=O)NCc2ccccc2Br)nc1. The molecule has 0 saturated heterocycles. The van der Waals surface area contributed by atoms with Crippen molar-refractivity contribution in [2.45, 2.75) is 6.54 Å². The number of nitrogen functional groups attached to an aromatic ring is 1. The molecular weight excluding hydrogens is 294 g/mol. The highest BCUT2D eigenvalue weighted by atomic mass is 79.9. The van der Waals surface area contributed by atoms with Crippen molar-refractivity contribution >= 4 is 27.5 Å². The van der Waals surface area contributed by atoms with E-state index in [-0.39, 0.29) is 5.91 Å². The number of hydrogen-bond donors (Lipinski definition) is 2. The highest BCUT2D eigenvalue weighted by Crippen LogP contribution is 2.15. The third-order valence-corrected chi connectivity index (χ3v) is 3.19. The highest BCUT2D eigenvalue weighted by Gasteiger charge is 2.07. The molecular formula is C13H12BrN3O. The summed E-state index contributed by atoms with van der Waals surface area (Å²) in [5.41, 5.74) is 7.42. The number of hydrogen-bond acceptors (Lipinski definition) is 3. The smallest absolute Gasteiger partial charge is 0.270 e. The lowest BCUT2D eigenvalue weighted by Crippen LogP contribution is -2.23. The molecule has 0 aliphatic rings. The number of halogens is 1. The molecule has 0 radical (unpaired) electrons. The minimum absolute atomic E-state index is 0.217. The number of aromatic nitrogens is 1. The van der Waals surface area contributed by atoms with Crippen LogP contribution in [-0.2, 0) is 6.54 Å². The van der Waals surface area contributed by atoms with Gasteiger partial charge in [-0.1, -0.05) is 34.1 Å². The molecule has 0 bridgehead atoms. The van der Waals surface area contributed by atoms with E-state index in [1.165, 1.54) is 6.20 Å². The van der Waals surface area contributed by atoms with Crippen LogP contribution in [0.4, 0.5) is 5.69 Å². The van der Waals surface area contributed by atoms with E-state index in [2.05, 4.69) is 26.2 Å². The molecule has 5 heteroatoms. The van der Waals surface area contributed by atoms with Crippen molar-refractivity contribution in [1.82, 2.24) is 10.3 Å². The third kappa shape index (κ3) is 3.07. The molecule has 1 aromatic heterocycles. The van der Waals surface area contributed by atoms with Crippen LogP contribution in [0.15, 0.2) is 47.1 Å². The molecule has 0 aliphatic carbocycles. The number of rotatable bonds is 3. The van der Waals surface area contributed by atoms with Crippen molar-refractivity contribution in [2.75, 3.05) is 5.73 Å². The Bertz CT molecular complexity index is 554. The maximum atomic E-state index is 11.8. The standard InChI is InChI=1S/C13H12BrN3O/c14-11-4-2-1-3-9(11)7-17-13(18)12-6-5-10(15)8-16-12/h1-6,8H,7,15H2,(H,17,18). The number of carbonyl (C=O) groups excluding carboxylic acids is 1. The molecule has 0 atom stereocenters. The quantitative estimate of drug-likeness (QED) is 0.914.